The molecule has 0 radical (unpaired) electrons. The molecule has 164 valence electrons. The first-order valence-corrected chi connectivity index (χ1v) is 10.0. The average Bonchev–Trinajstić information content (AvgIpc) is 3.15. The normalized spacial score (nSPS) is 15.5. The largest absolute Gasteiger partial charge is 0.497 e. The van der Waals surface area contributed by atoms with E-state index in [1.165, 1.54) is 31.3 Å². The highest BCUT2D eigenvalue weighted by Gasteiger charge is 2.37. The number of carbonyl (C=O) groups is 3. The first-order chi connectivity index (χ1) is 14.8. The van der Waals surface area contributed by atoms with E-state index in [0.717, 1.165) is 0 Å². The van der Waals surface area contributed by atoms with Gasteiger partial charge in [0.1, 0.15) is 11.5 Å². The van der Waals surface area contributed by atoms with Crippen LogP contribution in [0, 0.1) is 5.92 Å². The van der Waals surface area contributed by atoms with Gasteiger partial charge >= 0.3 is 5.97 Å². The van der Waals surface area contributed by atoms with Gasteiger partial charge in [-0.15, -0.1) is 0 Å². The Hall–Kier alpha value is -2.97. The molecule has 2 aromatic carbocycles. The monoisotopic (exact) mass is 466 g/mol. The molecule has 0 bridgehead atoms. The molecule has 0 aromatic heterocycles. The number of hydrogen-bond acceptors (Lipinski definition) is 6. The Morgan fingerprint density at radius 3 is 2.55 bits per heavy atom. The third-order valence-corrected chi connectivity index (χ3v) is 5.42. The van der Waals surface area contributed by atoms with Crippen molar-refractivity contribution < 1.29 is 28.6 Å². The number of esters is 1. The summed E-state index contributed by atoms with van der Waals surface area (Å²) in [6, 6.07) is 9.65. The second kappa shape index (κ2) is 9.89. The van der Waals surface area contributed by atoms with E-state index in [1.54, 1.807) is 24.3 Å². The van der Waals surface area contributed by atoms with Crippen molar-refractivity contribution in [3.63, 3.8) is 0 Å². The number of carbonyl (C=O) groups excluding carboxylic acids is 3. The molecule has 0 aliphatic carbocycles. The molecule has 1 saturated heterocycles. The lowest BCUT2D eigenvalue weighted by molar-refractivity contribution is -0.151. The van der Waals surface area contributed by atoms with Gasteiger partial charge in [0, 0.05) is 24.7 Å². The van der Waals surface area contributed by atoms with Crippen molar-refractivity contribution >= 4 is 52.4 Å². The van der Waals surface area contributed by atoms with Crippen LogP contribution in [0.25, 0.3) is 0 Å². The number of halogens is 2. The standard InChI is InChI=1S/C21H20Cl2N2O6/c1-29-14-4-6-18(30-2)17(9-14)25-10-12(7-20(25)27)21(28)31-11-19(26)24-13-3-5-15(22)16(23)8-13/h3-6,8-9,12H,7,10-11H2,1-2H3,(H,24,26)/t12-/m0/s1. The molecular weight excluding hydrogens is 447 g/mol. The highest BCUT2D eigenvalue weighted by molar-refractivity contribution is 6.42. The number of nitrogens with one attached hydrogen (secondary N) is 1. The maximum Gasteiger partial charge on any atom is 0.311 e. The molecular formula is C21H20Cl2N2O6. The average molecular weight is 467 g/mol. The summed E-state index contributed by atoms with van der Waals surface area (Å²) in [4.78, 5) is 38.4. The molecule has 1 heterocycles. The van der Waals surface area contributed by atoms with Gasteiger partial charge in [-0.2, -0.15) is 0 Å². The molecule has 0 saturated carbocycles. The third kappa shape index (κ3) is 5.39. The van der Waals surface area contributed by atoms with E-state index < -0.39 is 24.4 Å². The van der Waals surface area contributed by atoms with Crippen molar-refractivity contribution in [2.24, 2.45) is 5.92 Å². The van der Waals surface area contributed by atoms with Crippen LogP contribution < -0.4 is 19.7 Å². The number of hydrogen-bond donors (Lipinski definition) is 1. The lowest BCUT2D eigenvalue weighted by Gasteiger charge is -2.20. The number of amides is 2. The fourth-order valence-corrected chi connectivity index (χ4v) is 3.43. The van der Waals surface area contributed by atoms with E-state index in [2.05, 4.69) is 5.32 Å². The van der Waals surface area contributed by atoms with E-state index in [0.29, 0.717) is 27.9 Å². The van der Waals surface area contributed by atoms with Gasteiger partial charge in [-0.1, -0.05) is 23.2 Å². The fraction of sp³-hybridized carbons (Fsp3) is 0.286. The van der Waals surface area contributed by atoms with Gasteiger partial charge in [0.2, 0.25) is 5.91 Å². The summed E-state index contributed by atoms with van der Waals surface area (Å²) in [6.07, 6.45) is -0.0341. The summed E-state index contributed by atoms with van der Waals surface area (Å²) < 4.78 is 15.6. The third-order valence-electron chi connectivity index (χ3n) is 4.68. The van der Waals surface area contributed by atoms with Crippen LogP contribution in [0.15, 0.2) is 36.4 Å². The predicted molar refractivity (Wildman–Crippen MR) is 116 cm³/mol. The minimum atomic E-state index is -0.707. The van der Waals surface area contributed by atoms with Crippen LogP contribution in [-0.4, -0.2) is 45.2 Å². The molecule has 31 heavy (non-hydrogen) atoms. The first kappa shape index (κ1) is 22.7. The van der Waals surface area contributed by atoms with Gasteiger partial charge in [0.25, 0.3) is 5.91 Å². The second-order valence-electron chi connectivity index (χ2n) is 6.73. The quantitative estimate of drug-likeness (QED) is 0.627. The van der Waals surface area contributed by atoms with E-state index in [-0.39, 0.29) is 23.9 Å². The number of anilines is 2. The molecule has 1 N–H and O–H groups in total. The van der Waals surface area contributed by atoms with Gasteiger partial charge in [-0.05, 0) is 30.3 Å². The van der Waals surface area contributed by atoms with Crippen LogP contribution in [-0.2, 0) is 19.1 Å². The zero-order chi connectivity index (χ0) is 22.5. The molecule has 0 spiro atoms. The molecule has 1 aliphatic rings. The number of ether oxygens (including phenoxy) is 3. The molecule has 10 heteroatoms. The van der Waals surface area contributed by atoms with Crippen molar-refractivity contribution in [1.29, 1.82) is 0 Å². The SMILES string of the molecule is COc1ccc(OC)c(N2C[C@@H](C(=O)OCC(=O)Nc3ccc(Cl)c(Cl)c3)CC2=O)c1. The van der Waals surface area contributed by atoms with E-state index in [1.807, 2.05) is 0 Å². The molecule has 2 amide bonds. The molecule has 1 aliphatic heterocycles. The summed E-state index contributed by atoms with van der Waals surface area (Å²) in [7, 11) is 3.00. The highest BCUT2D eigenvalue weighted by Crippen LogP contribution is 2.36. The van der Waals surface area contributed by atoms with Crippen LogP contribution in [0.3, 0.4) is 0 Å². The summed E-state index contributed by atoms with van der Waals surface area (Å²) in [5.41, 5.74) is 0.919. The molecule has 8 nitrogen and oxygen atoms in total. The Kier molecular flexibility index (Phi) is 7.25. The zero-order valence-electron chi connectivity index (χ0n) is 16.8. The molecule has 3 rings (SSSR count). The Bertz CT molecular complexity index is 1010. The summed E-state index contributed by atoms with van der Waals surface area (Å²) in [6.45, 7) is -0.387. The van der Waals surface area contributed by atoms with Crippen molar-refractivity contribution in [1.82, 2.24) is 0 Å². The van der Waals surface area contributed by atoms with Gasteiger partial charge in [0.05, 0.1) is 35.9 Å². The van der Waals surface area contributed by atoms with Crippen molar-refractivity contribution in [3.05, 3.63) is 46.4 Å². The molecule has 1 atom stereocenters. The minimum Gasteiger partial charge on any atom is -0.497 e. The minimum absolute atomic E-state index is 0.0341. The topological polar surface area (TPSA) is 94.2 Å². The van der Waals surface area contributed by atoms with Gasteiger partial charge in [-0.25, -0.2) is 0 Å². The number of rotatable bonds is 7. The van der Waals surface area contributed by atoms with Crippen LogP contribution in [0.1, 0.15) is 6.42 Å². The summed E-state index contributed by atoms with van der Waals surface area (Å²) in [5, 5.41) is 3.20. The Morgan fingerprint density at radius 1 is 1.10 bits per heavy atom. The lowest BCUT2D eigenvalue weighted by Crippen LogP contribution is -2.28. The van der Waals surface area contributed by atoms with E-state index >= 15 is 0 Å². The van der Waals surface area contributed by atoms with Crippen molar-refractivity contribution in [2.45, 2.75) is 6.42 Å². The van der Waals surface area contributed by atoms with Crippen molar-refractivity contribution in [2.75, 3.05) is 37.6 Å². The number of nitrogens with zero attached hydrogens (tertiary/aromatic N) is 1. The maximum atomic E-state index is 12.5. The predicted octanol–water partition coefficient (Wildman–Crippen LogP) is 3.55. The number of methoxy groups -OCH3 is 2. The smallest absolute Gasteiger partial charge is 0.311 e. The second-order valence-corrected chi connectivity index (χ2v) is 7.54. The van der Waals surface area contributed by atoms with E-state index in [9.17, 15) is 14.4 Å². The van der Waals surface area contributed by atoms with Crippen LogP contribution in [0.4, 0.5) is 11.4 Å². The first-order valence-electron chi connectivity index (χ1n) is 9.26. The Balaban J connectivity index is 1.59. The van der Waals surface area contributed by atoms with Gasteiger partial charge in [0.15, 0.2) is 6.61 Å². The molecule has 2 aromatic rings. The molecule has 1 fully saturated rings. The van der Waals surface area contributed by atoms with Crippen LogP contribution in [0.2, 0.25) is 10.0 Å². The zero-order valence-corrected chi connectivity index (χ0v) is 18.3. The summed E-state index contributed by atoms with van der Waals surface area (Å²) in [5.74, 6) is -1.11. The van der Waals surface area contributed by atoms with Crippen LogP contribution >= 0.6 is 23.2 Å². The number of benzene rings is 2. The van der Waals surface area contributed by atoms with Gasteiger partial charge < -0.3 is 24.4 Å². The van der Waals surface area contributed by atoms with Crippen molar-refractivity contribution in [3.8, 4) is 11.5 Å². The van der Waals surface area contributed by atoms with Crippen LogP contribution in [0.5, 0.6) is 11.5 Å². The Labute approximate surface area is 189 Å². The van der Waals surface area contributed by atoms with Gasteiger partial charge in [-0.3, -0.25) is 14.4 Å². The van der Waals surface area contributed by atoms with E-state index in [4.69, 9.17) is 37.4 Å². The molecule has 0 unspecified atom stereocenters. The maximum absolute atomic E-state index is 12.5. The highest BCUT2D eigenvalue weighted by atomic mass is 35.5. The Morgan fingerprint density at radius 2 is 1.87 bits per heavy atom. The summed E-state index contributed by atoms with van der Waals surface area (Å²) >= 11 is 11.7. The lowest BCUT2D eigenvalue weighted by atomic mass is 10.1. The fourth-order valence-electron chi connectivity index (χ4n) is 3.13.